The van der Waals surface area contributed by atoms with Gasteiger partial charge in [0.15, 0.2) is 0 Å². The molecular weight excluding hydrogens is 264 g/mol. The summed E-state index contributed by atoms with van der Waals surface area (Å²) in [4.78, 5) is 0. The van der Waals surface area contributed by atoms with Crippen molar-refractivity contribution in [3.05, 3.63) is 83.4 Å². The second-order valence-corrected chi connectivity index (χ2v) is 5.60. The van der Waals surface area contributed by atoms with Gasteiger partial charge in [-0.3, -0.25) is 0 Å². The van der Waals surface area contributed by atoms with Crippen LogP contribution in [0.3, 0.4) is 0 Å². The molecule has 0 aromatic heterocycles. The highest BCUT2D eigenvalue weighted by Gasteiger charge is 2.07. The lowest BCUT2D eigenvalue weighted by atomic mass is 9.92. The molecule has 22 heavy (non-hydrogen) atoms. The van der Waals surface area contributed by atoms with E-state index in [0.717, 1.165) is 19.3 Å². The summed E-state index contributed by atoms with van der Waals surface area (Å²) in [6, 6.07) is 21.4. The van der Waals surface area contributed by atoms with Crippen LogP contribution in [0.1, 0.15) is 50.7 Å². The average molecular weight is 290 g/mol. The van der Waals surface area contributed by atoms with E-state index in [1.54, 1.807) is 0 Å². The van der Waals surface area contributed by atoms with Crippen molar-refractivity contribution in [1.82, 2.24) is 0 Å². The molecule has 0 radical (unpaired) electrons. The first-order valence-electron chi connectivity index (χ1n) is 8.36. The molecule has 0 amide bonds. The normalized spacial score (nSPS) is 12.5. The van der Waals surface area contributed by atoms with E-state index in [2.05, 4.69) is 86.7 Å². The van der Waals surface area contributed by atoms with Crippen LogP contribution < -0.4 is 0 Å². The molecule has 0 aliphatic carbocycles. The third kappa shape index (κ3) is 4.73. The number of hydrogen-bond donors (Lipinski definition) is 0. The van der Waals surface area contributed by atoms with Crippen LogP contribution in [0.5, 0.6) is 0 Å². The van der Waals surface area contributed by atoms with Crippen molar-refractivity contribution < 1.29 is 0 Å². The van der Waals surface area contributed by atoms with Gasteiger partial charge in [0.25, 0.3) is 0 Å². The van der Waals surface area contributed by atoms with Gasteiger partial charge in [-0.1, -0.05) is 99.5 Å². The van der Waals surface area contributed by atoms with Gasteiger partial charge >= 0.3 is 0 Å². The Morgan fingerprint density at radius 1 is 0.818 bits per heavy atom. The Bertz CT molecular complexity index is 603. The zero-order valence-corrected chi connectivity index (χ0v) is 13.8. The molecule has 0 bridgehead atoms. The third-order valence-corrected chi connectivity index (χ3v) is 3.73. The second-order valence-electron chi connectivity index (χ2n) is 5.60. The molecule has 0 unspecified atom stereocenters. The molecule has 0 fully saturated rings. The maximum absolute atomic E-state index is 2.40. The number of allylic oxidation sites excluding steroid dienone is 3. The fourth-order valence-corrected chi connectivity index (χ4v) is 2.65. The van der Waals surface area contributed by atoms with Gasteiger partial charge in [-0.15, -0.1) is 0 Å². The monoisotopic (exact) mass is 290 g/mol. The highest BCUT2D eigenvalue weighted by Crippen LogP contribution is 2.29. The molecule has 0 aliphatic heterocycles. The molecule has 2 rings (SSSR count). The van der Waals surface area contributed by atoms with E-state index in [1.807, 2.05) is 0 Å². The van der Waals surface area contributed by atoms with Crippen LogP contribution >= 0.6 is 0 Å². The van der Waals surface area contributed by atoms with Gasteiger partial charge in [-0.05, 0) is 35.1 Å². The molecule has 0 saturated carbocycles. The van der Waals surface area contributed by atoms with E-state index >= 15 is 0 Å². The summed E-state index contributed by atoms with van der Waals surface area (Å²) in [6.07, 6.45) is 9.33. The van der Waals surface area contributed by atoms with Crippen molar-refractivity contribution in [2.24, 2.45) is 0 Å². The highest BCUT2D eigenvalue weighted by molar-refractivity contribution is 5.84. The van der Waals surface area contributed by atoms with Crippen molar-refractivity contribution >= 4 is 11.6 Å². The maximum Gasteiger partial charge on any atom is -0.0184 e. The summed E-state index contributed by atoms with van der Waals surface area (Å²) >= 11 is 0. The molecule has 2 aromatic carbocycles. The van der Waals surface area contributed by atoms with Gasteiger partial charge in [-0.25, -0.2) is 0 Å². The highest BCUT2D eigenvalue weighted by atomic mass is 14.1. The van der Waals surface area contributed by atoms with Crippen LogP contribution in [-0.2, 0) is 0 Å². The van der Waals surface area contributed by atoms with E-state index < -0.39 is 0 Å². The smallest absolute Gasteiger partial charge is 0.0184 e. The number of rotatable bonds is 7. The minimum atomic E-state index is 1.11. The van der Waals surface area contributed by atoms with Gasteiger partial charge in [0.1, 0.15) is 0 Å². The average Bonchev–Trinajstić information content (AvgIpc) is 2.57. The van der Waals surface area contributed by atoms with Crippen molar-refractivity contribution in [2.45, 2.75) is 39.5 Å². The number of hydrogen-bond acceptors (Lipinski definition) is 0. The van der Waals surface area contributed by atoms with Crippen molar-refractivity contribution in [2.75, 3.05) is 0 Å². The van der Waals surface area contributed by atoms with Crippen LogP contribution in [0.2, 0.25) is 0 Å². The Morgan fingerprint density at radius 2 is 1.45 bits per heavy atom. The standard InChI is InChI=1S/C22H26/c1-3-5-17-22(20-15-10-7-11-16-20)21(12-4-2)18-19-13-8-6-9-14-19/h6-11,13-18H,3-5,12H2,1-2H3/b21-18+,22-17+. The fourth-order valence-electron chi connectivity index (χ4n) is 2.65. The van der Waals surface area contributed by atoms with Gasteiger partial charge in [0, 0.05) is 0 Å². The maximum atomic E-state index is 2.40. The summed E-state index contributed by atoms with van der Waals surface area (Å²) in [7, 11) is 0. The molecule has 114 valence electrons. The number of benzene rings is 2. The van der Waals surface area contributed by atoms with Gasteiger partial charge in [0.05, 0.1) is 0 Å². The van der Waals surface area contributed by atoms with Gasteiger partial charge in [0.2, 0.25) is 0 Å². The van der Waals surface area contributed by atoms with Gasteiger partial charge in [-0.2, -0.15) is 0 Å². The molecule has 0 spiro atoms. The zero-order chi connectivity index (χ0) is 15.6. The molecule has 0 atom stereocenters. The Morgan fingerprint density at radius 3 is 2.05 bits per heavy atom. The van der Waals surface area contributed by atoms with Crippen LogP contribution in [-0.4, -0.2) is 0 Å². The minimum Gasteiger partial charge on any atom is -0.0764 e. The first kappa shape index (κ1) is 16.3. The van der Waals surface area contributed by atoms with Crippen molar-refractivity contribution in [3.63, 3.8) is 0 Å². The summed E-state index contributed by atoms with van der Waals surface area (Å²) in [5, 5.41) is 0. The van der Waals surface area contributed by atoms with E-state index in [0.29, 0.717) is 0 Å². The first-order valence-corrected chi connectivity index (χ1v) is 8.36. The van der Waals surface area contributed by atoms with E-state index in [-0.39, 0.29) is 0 Å². The van der Waals surface area contributed by atoms with E-state index in [1.165, 1.54) is 28.7 Å². The first-order chi connectivity index (χ1) is 10.8. The summed E-state index contributed by atoms with van der Waals surface area (Å²) in [5.74, 6) is 0. The Kier molecular flexibility index (Phi) is 6.70. The SMILES string of the molecule is CCC/C=C(/C(=C/c1ccccc1)CCC)c1ccccc1. The van der Waals surface area contributed by atoms with Crippen LogP contribution in [0.25, 0.3) is 11.6 Å². The molecule has 0 saturated heterocycles. The molecule has 0 aliphatic rings. The third-order valence-electron chi connectivity index (χ3n) is 3.73. The lowest BCUT2D eigenvalue weighted by Crippen LogP contribution is -1.91. The van der Waals surface area contributed by atoms with Crippen LogP contribution in [0.4, 0.5) is 0 Å². The van der Waals surface area contributed by atoms with Crippen molar-refractivity contribution in [3.8, 4) is 0 Å². The Balaban J connectivity index is 2.43. The van der Waals surface area contributed by atoms with Crippen molar-refractivity contribution in [1.29, 1.82) is 0 Å². The fraction of sp³-hybridized carbons (Fsp3) is 0.273. The molecule has 0 N–H and O–H groups in total. The summed E-state index contributed by atoms with van der Waals surface area (Å²) < 4.78 is 0. The van der Waals surface area contributed by atoms with E-state index in [9.17, 15) is 0 Å². The largest absolute Gasteiger partial charge is 0.0764 e. The summed E-state index contributed by atoms with van der Waals surface area (Å²) in [6.45, 7) is 4.49. The lowest BCUT2D eigenvalue weighted by Gasteiger charge is -2.13. The predicted molar refractivity (Wildman–Crippen MR) is 98.7 cm³/mol. The topological polar surface area (TPSA) is 0 Å². The summed E-state index contributed by atoms with van der Waals surface area (Å²) in [5.41, 5.74) is 5.44. The second kappa shape index (κ2) is 9.04. The lowest BCUT2D eigenvalue weighted by molar-refractivity contribution is 0.927. The molecule has 0 nitrogen and oxygen atoms in total. The van der Waals surface area contributed by atoms with E-state index in [4.69, 9.17) is 0 Å². The molecule has 0 heterocycles. The Labute approximate surface area is 135 Å². The minimum absolute atomic E-state index is 1.11. The van der Waals surface area contributed by atoms with Gasteiger partial charge < -0.3 is 0 Å². The number of unbranched alkanes of at least 4 members (excludes halogenated alkanes) is 1. The predicted octanol–water partition coefficient (Wildman–Crippen LogP) is 6.75. The molecule has 0 heteroatoms. The quantitative estimate of drug-likeness (QED) is 0.494. The molecular formula is C22H26. The van der Waals surface area contributed by atoms with Crippen LogP contribution in [0, 0.1) is 0 Å². The Hall–Kier alpha value is -2.08. The van der Waals surface area contributed by atoms with Crippen LogP contribution in [0.15, 0.2) is 72.3 Å². The molecule has 2 aromatic rings. The zero-order valence-electron chi connectivity index (χ0n) is 13.8.